The number of amides is 1. The Balaban J connectivity index is 1.85. The second-order valence-electron chi connectivity index (χ2n) is 6.17. The summed E-state index contributed by atoms with van der Waals surface area (Å²) in [5, 5.41) is 10.8. The van der Waals surface area contributed by atoms with E-state index in [4.69, 9.17) is 0 Å². The number of hydrogen-bond donors (Lipinski definition) is 2. The number of carbonyl (C=O) groups is 1. The molecule has 24 heavy (non-hydrogen) atoms. The van der Waals surface area contributed by atoms with E-state index >= 15 is 0 Å². The molecule has 2 atom stereocenters. The van der Waals surface area contributed by atoms with Gasteiger partial charge in [-0.3, -0.25) is 19.1 Å². The Morgan fingerprint density at radius 3 is 2.83 bits per heavy atom. The number of aromatic nitrogens is 3. The largest absolute Gasteiger partial charge is 0.386 e. The molecule has 9 heteroatoms. The normalized spacial score (nSPS) is 24.1. The number of likely N-dealkylation sites (tertiary alicyclic amines) is 1. The molecule has 8 nitrogen and oxygen atoms in total. The van der Waals surface area contributed by atoms with Gasteiger partial charge in [-0.2, -0.15) is 0 Å². The van der Waals surface area contributed by atoms with Gasteiger partial charge in [0.05, 0.1) is 23.8 Å². The number of nitrogens with one attached hydrogen (secondary N) is 1. The number of aromatic amines is 1. The number of piperidine rings is 1. The van der Waals surface area contributed by atoms with Gasteiger partial charge >= 0.3 is 5.69 Å². The molecule has 1 aliphatic heterocycles. The Bertz CT molecular complexity index is 882. The van der Waals surface area contributed by atoms with E-state index < -0.39 is 22.9 Å². The number of thiazole rings is 1. The van der Waals surface area contributed by atoms with Gasteiger partial charge in [0, 0.05) is 18.8 Å². The van der Waals surface area contributed by atoms with E-state index in [1.54, 1.807) is 24.3 Å². The van der Waals surface area contributed by atoms with Gasteiger partial charge in [-0.1, -0.05) is 0 Å². The summed E-state index contributed by atoms with van der Waals surface area (Å²) in [6, 6.07) is 0.726. The minimum atomic E-state index is -1.30. The number of aryl methyl sites for hydroxylation is 1. The maximum absolute atomic E-state index is 12.6. The summed E-state index contributed by atoms with van der Waals surface area (Å²) < 4.78 is 1.32. The predicted octanol–water partition coefficient (Wildman–Crippen LogP) is 0.140. The first-order valence-electron chi connectivity index (χ1n) is 7.53. The fraction of sp³-hybridized carbons (Fsp3) is 0.467. The highest BCUT2D eigenvalue weighted by Crippen LogP contribution is 2.31. The van der Waals surface area contributed by atoms with Crippen LogP contribution in [0.4, 0.5) is 0 Å². The van der Waals surface area contributed by atoms with E-state index in [1.165, 1.54) is 28.2 Å². The van der Waals surface area contributed by atoms with E-state index in [2.05, 4.69) is 9.97 Å². The summed E-state index contributed by atoms with van der Waals surface area (Å²) in [4.78, 5) is 44.2. The van der Waals surface area contributed by atoms with Crippen molar-refractivity contribution in [1.82, 2.24) is 19.4 Å². The number of nitrogens with zero attached hydrogens (tertiary/aromatic N) is 3. The Hall–Kier alpha value is -2.26. The zero-order valence-corrected chi connectivity index (χ0v) is 14.2. The highest BCUT2D eigenvalue weighted by molar-refractivity contribution is 7.11. The van der Waals surface area contributed by atoms with Crippen molar-refractivity contribution in [3.05, 3.63) is 49.2 Å². The van der Waals surface area contributed by atoms with Crippen LogP contribution in [0.15, 0.2) is 27.4 Å². The van der Waals surface area contributed by atoms with Gasteiger partial charge in [0.15, 0.2) is 0 Å². The van der Waals surface area contributed by atoms with Crippen molar-refractivity contribution in [1.29, 1.82) is 0 Å². The van der Waals surface area contributed by atoms with Gasteiger partial charge in [-0.25, -0.2) is 9.78 Å². The molecule has 1 amide bonds. The van der Waals surface area contributed by atoms with E-state index in [9.17, 15) is 19.5 Å². The van der Waals surface area contributed by atoms with Crippen molar-refractivity contribution in [2.75, 3.05) is 13.1 Å². The molecule has 0 spiro atoms. The summed E-state index contributed by atoms with van der Waals surface area (Å²) in [5.74, 6) is -0.164. The van der Waals surface area contributed by atoms with Crippen molar-refractivity contribution in [3.63, 3.8) is 0 Å². The number of hydrogen-bond acceptors (Lipinski definition) is 6. The number of carbonyl (C=O) groups excluding carboxylic acids is 1. The van der Waals surface area contributed by atoms with E-state index in [0.29, 0.717) is 23.5 Å². The molecule has 2 N–H and O–H groups in total. The zero-order chi connectivity index (χ0) is 17.5. The topological polar surface area (TPSA) is 108 Å². The summed E-state index contributed by atoms with van der Waals surface area (Å²) >= 11 is 1.27. The molecule has 0 bridgehead atoms. The SMILES string of the molecule is Cc1ncsc1C(=O)N1CC[C@@H](n2ccc(=O)[nH]c2=O)[C@](C)(O)C1. The van der Waals surface area contributed by atoms with Crippen LogP contribution in [0.3, 0.4) is 0 Å². The highest BCUT2D eigenvalue weighted by atomic mass is 32.1. The lowest BCUT2D eigenvalue weighted by molar-refractivity contribution is -0.0502. The van der Waals surface area contributed by atoms with Gasteiger partial charge in [0.25, 0.3) is 11.5 Å². The predicted molar refractivity (Wildman–Crippen MR) is 88.4 cm³/mol. The molecule has 3 heterocycles. The molecule has 0 unspecified atom stereocenters. The number of rotatable bonds is 2. The molecular weight excluding hydrogens is 332 g/mol. The lowest BCUT2D eigenvalue weighted by Crippen LogP contribution is -2.56. The number of β-amino-alcohol motifs (C(OH)–C–C–N with tert-alkyl or cyclic N) is 1. The maximum Gasteiger partial charge on any atom is 0.328 e. The Kier molecular flexibility index (Phi) is 4.14. The van der Waals surface area contributed by atoms with Crippen molar-refractivity contribution < 1.29 is 9.90 Å². The highest BCUT2D eigenvalue weighted by Gasteiger charge is 2.41. The Labute approximate surface area is 141 Å². The minimum absolute atomic E-state index is 0.0966. The Morgan fingerprint density at radius 2 is 2.25 bits per heavy atom. The van der Waals surface area contributed by atoms with Gasteiger partial charge < -0.3 is 10.0 Å². The van der Waals surface area contributed by atoms with Crippen LogP contribution in [0.25, 0.3) is 0 Å². The van der Waals surface area contributed by atoms with E-state index in [0.717, 1.165) is 0 Å². The lowest BCUT2D eigenvalue weighted by Gasteiger charge is -2.43. The molecule has 3 rings (SSSR count). The van der Waals surface area contributed by atoms with Crippen LogP contribution < -0.4 is 11.2 Å². The smallest absolute Gasteiger partial charge is 0.328 e. The summed E-state index contributed by atoms with van der Waals surface area (Å²) in [6.45, 7) is 3.87. The molecule has 2 aromatic heterocycles. The van der Waals surface area contributed by atoms with Crippen LogP contribution in [0.2, 0.25) is 0 Å². The van der Waals surface area contributed by atoms with Crippen LogP contribution >= 0.6 is 11.3 Å². The molecular formula is C15H18N4O4S. The van der Waals surface area contributed by atoms with E-state index in [1.807, 2.05) is 0 Å². The van der Waals surface area contributed by atoms with Crippen LogP contribution in [0.5, 0.6) is 0 Å². The van der Waals surface area contributed by atoms with Gasteiger partial charge in [0.1, 0.15) is 10.5 Å². The average Bonchev–Trinajstić information content (AvgIpc) is 2.92. The van der Waals surface area contributed by atoms with Crippen LogP contribution in [-0.2, 0) is 0 Å². The first-order valence-corrected chi connectivity index (χ1v) is 8.41. The molecule has 0 saturated carbocycles. The monoisotopic (exact) mass is 350 g/mol. The third-order valence-corrected chi connectivity index (χ3v) is 5.23. The van der Waals surface area contributed by atoms with Crippen LogP contribution in [0, 0.1) is 6.92 Å². The Morgan fingerprint density at radius 1 is 1.50 bits per heavy atom. The van der Waals surface area contributed by atoms with Crippen molar-refractivity contribution in [2.24, 2.45) is 0 Å². The second-order valence-corrected chi connectivity index (χ2v) is 7.03. The van der Waals surface area contributed by atoms with Crippen LogP contribution in [0.1, 0.15) is 34.8 Å². The molecule has 0 radical (unpaired) electrons. The van der Waals surface area contributed by atoms with Crippen LogP contribution in [-0.4, -0.2) is 49.1 Å². The molecule has 128 valence electrons. The van der Waals surface area contributed by atoms with Crippen molar-refractivity contribution in [3.8, 4) is 0 Å². The average molecular weight is 350 g/mol. The fourth-order valence-corrected chi connectivity index (χ4v) is 3.86. The third kappa shape index (κ3) is 2.92. The second kappa shape index (κ2) is 5.99. The minimum Gasteiger partial charge on any atom is -0.386 e. The summed E-state index contributed by atoms with van der Waals surface area (Å²) in [7, 11) is 0. The first kappa shape index (κ1) is 16.6. The van der Waals surface area contributed by atoms with E-state index in [-0.39, 0.29) is 12.5 Å². The quantitative estimate of drug-likeness (QED) is 0.801. The standard InChI is InChI=1S/C15H18N4O4S/c1-9-12(24-8-16-9)13(21)18-5-3-10(15(2,23)7-18)19-6-4-11(20)17-14(19)22/h4,6,8,10,23H,3,5,7H2,1-2H3,(H,17,20,22)/t10-,15-/m1/s1. The molecule has 2 aromatic rings. The third-order valence-electron chi connectivity index (χ3n) is 4.32. The molecule has 1 aliphatic rings. The molecule has 1 fully saturated rings. The van der Waals surface area contributed by atoms with Gasteiger partial charge in [-0.15, -0.1) is 11.3 Å². The van der Waals surface area contributed by atoms with Crippen molar-refractivity contribution in [2.45, 2.75) is 31.9 Å². The first-order chi connectivity index (χ1) is 11.3. The van der Waals surface area contributed by atoms with Gasteiger partial charge in [0.2, 0.25) is 0 Å². The summed E-state index contributed by atoms with van der Waals surface area (Å²) in [6.07, 6.45) is 1.79. The number of aliphatic hydroxyl groups is 1. The molecule has 1 saturated heterocycles. The van der Waals surface area contributed by atoms with Gasteiger partial charge in [-0.05, 0) is 20.3 Å². The van der Waals surface area contributed by atoms with Crippen molar-refractivity contribution >= 4 is 17.2 Å². The molecule has 0 aromatic carbocycles. The maximum atomic E-state index is 12.6. The summed E-state index contributed by atoms with van der Waals surface area (Å²) in [5.41, 5.74) is -0.0549. The fourth-order valence-electron chi connectivity index (χ4n) is 3.10. The lowest BCUT2D eigenvalue weighted by atomic mass is 9.88. The number of H-pyrrole nitrogens is 1. The molecule has 0 aliphatic carbocycles. The zero-order valence-electron chi connectivity index (χ0n) is 13.4.